The zero-order valence-corrected chi connectivity index (χ0v) is 17.5. The van der Waals surface area contributed by atoms with Gasteiger partial charge in [-0.25, -0.2) is 4.98 Å². The van der Waals surface area contributed by atoms with Gasteiger partial charge in [-0.1, -0.05) is 37.3 Å². The van der Waals surface area contributed by atoms with Crippen LogP contribution in [0.15, 0.2) is 49.1 Å². The molecule has 4 fully saturated rings. The van der Waals surface area contributed by atoms with Crippen molar-refractivity contribution in [2.75, 3.05) is 6.54 Å². The quantitative estimate of drug-likeness (QED) is 0.710. The van der Waals surface area contributed by atoms with Crippen LogP contribution in [-0.4, -0.2) is 22.0 Å². The minimum atomic E-state index is 0.0445. The fourth-order valence-electron chi connectivity index (χ4n) is 7.11. The molecule has 29 heavy (non-hydrogen) atoms. The number of aryl methyl sites for hydroxylation is 1. The van der Waals surface area contributed by atoms with E-state index in [4.69, 9.17) is 0 Å². The maximum absolute atomic E-state index is 13.1. The van der Waals surface area contributed by atoms with Crippen molar-refractivity contribution in [3.8, 4) is 0 Å². The molecule has 4 nitrogen and oxygen atoms in total. The number of hydrogen-bond acceptors (Lipinski definition) is 2. The molecule has 2 aromatic rings. The summed E-state index contributed by atoms with van der Waals surface area (Å²) in [5, 5.41) is 3.23. The molecule has 0 aliphatic heterocycles. The van der Waals surface area contributed by atoms with E-state index in [1.165, 1.54) is 31.2 Å². The van der Waals surface area contributed by atoms with Crippen molar-refractivity contribution < 1.29 is 4.79 Å². The Morgan fingerprint density at radius 3 is 2.45 bits per heavy atom. The zero-order valence-electron chi connectivity index (χ0n) is 17.5. The van der Waals surface area contributed by atoms with Crippen LogP contribution in [0.1, 0.15) is 51.0 Å². The van der Waals surface area contributed by atoms with Gasteiger partial charge in [0.15, 0.2) is 0 Å². The van der Waals surface area contributed by atoms with Gasteiger partial charge in [-0.2, -0.15) is 0 Å². The highest BCUT2D eigenvalue weighted by molar-refractivity contribution is 5.78. The number of aromatic nitrogens is 2. The number of rotatable bonds is 7. The first-order chi connectivity index (χ1) is 14.2. The minimum absolute atomic E-state index is 0.0445. The molecule has 1 heterocycles. The fourth-order valence-corrected chi connectivity index (χ4v) is 7.11. The smallest absolute Gasteiger partial charge is 0.220 e. The van der Waals surface area contributed by atoms with E-state index in [-0.39, 0.29) is 11.3 Å². The van der Waals surface area contributed by atoms with Crippen LogP contribution >= 0.6 is 0 Å². The summed E-state index contributed by atoms with van der Waals surface area (Å²) in [4.78, 5) is 17.2. The van der Waals surface area contributed by atoms with E-state index in [0.29, 0.717) is 18.3 Å². The van der Waals surface area contributed by atoms with E-state index in [9.17, 15) is 4.79 Å². The fraction of sp³-hybridized carbons (Fsp3) is 0.600. The average molecular weight is 392 g/mol. The molecule has 154 valence electrons. The number of benzene rings is 1. The SMILES string of the molecule is CC1C2CC3CC1CC(C2)C3(CC(=O)NCCCn1ccnc1)c1ccccc1. The molecule has 0 spiro atoms. The van der Waals surface area contributed by atoms with E-state index in [1.807, 2.05) is 12.5 Å². The number of nitrogens with one attached hydrogen (secondary N) is 1. The van der Waals surface area contributed by atoms with Crippen molar-refractivity contribution in [3.05, 3.63) is 54.6 Å². The van der Waals surface area contributed by atoms with Crippen LogP contribution in [0.5, 0.6) is 0 Å². The lowest BCUT2D eigenvalue weighted by Gasteiger charge is -2.63. The van der Waals surface area contributed by atoms with Gasteiger partial charge in [-0.15, -0.1) is 0 Å². The largest absolute Gasteiger partial charge is 0.356 e. The Morgan fingerprint density at radius 2 is 1.83 bits per heavy atom. The Balaban J connectivity index is 1.31. The van der Waals surface area contributed by atoms with Crippen molar-refractivity contribution in [1.82, 2.24) is 14.9 Å². The summed E-state index contributed by atoms with van der Waals surface area (Å²) in [6.45, 7) is 4.11. The Hall–Kier alpha value is -2.10. The summed E-state index contributed by atoms with van der Waals surface area (Å²) in [5.74, 6) is 4.22. The molecule has 4 saturated carbocycles. The first kappa shape index (κ1) is 18.9. The molecule has 1 amide bonds. The van der Waals surface area contributed by atoms with Gasteiger partial charge in [-0.3, -0.25) is 4.79 Å². The van der Waals surface area contributed by atoms with Crippen LogP contribution in [0.3, 0.4) is 0 Å². The van der Waals surface area contributed by atoms with E-state index < -0.39 is 0 Å². The lowest BCUT2D eigenvalue weighted by atomic mass is 9.41. The van der Waals surface area contributed by atoms with Gasteiger partial charge in [0.25, 0.3) is 0 Å². The highest BCUT2D eigenvalue weighted by Crippen LogP contribution is 2.65. The minimum Gasteiger partial charge on any atom is -0.356 e. The van der Waals surface area contributed by atoms with Gasteiger partial charge in [0, 0.05) is 37.3 Å². The first-order valence-corrected chi connectivity index (χ1v) is 11.4. The molecule has 0 saturated heterocycles. The van der Waals surface area contributed by atoms with Crippen molar-refractivity contribution in [3.63, 3.8) is 0 Å². The molecule has 1 aromatic heterocycles. The van der Waals surface area contributed by atoms with Gasteiger partial charge in [0.2, 0.25) is 5.91 Å². The number of hydrogen-bond donors (Lipinski definition) is 1. The van der Waals surface area contributed by atoms with Crippen LogP contribution in [0, 0.1) is 29.6 Å². The van der Waals surface area contributed by atoms with Gasteiger partial charge < -0.3 is 9.88 Å². The molecule has 1 N–H and O–H groups in total. The summed E-state index contributed by atoms with van der Waals surface area (Å²) < 4.78 is 2.07. The van der Waals surface area contributed by atoms with Gasteiger partial charge in [0.05, 0.1) is 6.33 Å². The molecule has 4 aliphatic rings. The first-order valence-electron chi connectivity index (χ1n) is 11.4. The molecule has 4 bridgehead atoms. The summed E-state index contributed by atoms with van der Waals surface area (Å²) in [7, 11) is 0. The van der Waals surface area contributed by atoms with Crippen LogP contribution in [-0.2, 0) is 16.8 Å². The third kappa shape index (κ3) is 3.31. The topological polar surface area (TPSA) is 46.9 Å². The van der Waals surface area contributed by atoms with Crippen LogP contribution in [0.4, 0.5) is 0 Å². The standard InChI is InChI=1S/C25H33N3O/c1-18-19-12-22-14-20(18)15-23(13-19)25(22,21-6-3-2-4-7-21)16-24(29)27-8-5-10-28-11-9-26-17-28/h2-4,6-7,9,11,17-20,22-23H,5,8,10,12-16H2,1H3,(H,27,29). The van der Waals surface area contributed by atoms with Gasteiger partial charge in [-0.05, 0) is 67.3 Å². The van der Waals surface area contributed by atoms with E-state index >= 15 is 0 Å². The Kier molecular flexibility index (Phi) is 4.97. The Bertz CT molecular complexity index is 799. The number of amides is 1. The molecular formula is C25H33N3O. The van der Waals surface area contributed by atoms with Gasteiger partial charge in [0.1, 0.15) is 0 Å². The summed E-state index contributed by atoms with van der Waals surface area (Å²) >= 11 is 0. The molecule has 1 aromatic carbocycles. The summed E-state index contributed by atoms with van der Waals surface area (Å²) in [6, 6.07) is 11.0. The highest BCUT2D eigenvalue weighted by atomic mass is 16.1. The maximum Gasteiger partial charge on any atom is 0.220 e. The van der Waals surface area contributed by atoms with Crippen molar-refractivity contribution in [2.45, 2.75) is 57.4 Å². The van der Waals surface area contributed by atoms with E-state index in [0.717, 1.165) is 37.3 Å². The summed E-state index contributed by atoms with van der Waals surface area (Å²) in [5.41, 5.74) is 1.46. The third-order valence-electron chi connectivity index (χ3n) is 8.53. The Labute approximate surface area is 174 Å². The summed E-state index contributed by atoms with van der Waals surface area (Å²) in [6.07, 6.45) is 12.5. The second-order valence-electron chi connectivity index (χ2n) is 9.80. The molecule has 0 atom stereocenters. The Morgan fingerprint density at radius 1 is 1.14 bits per heavy atom. The number of carbonyl (C=O) groups is 1. The molecule has 6 rings (SSSR count). The van der Waals surface area contributed by atoms with Crippen LogP contribution < -0.4 is 5.32 Å². The second-order valence-corrected chi connectivity index (χ2v) is 9.80. The van der Waals surface area contributed by atoms with E-state index in [1.54, 1.807) is 6.20 Å². The maximum atomic E-state index is 13.1. The molecular weight excluding hydrogens is 358 g/mol. The average Bonchev–Trinajstić information content (AvgIpc) is 3.24. The highest BCUT2D eigenvalue weighted by Gasteiger charge is 2.60. The lowest BCUT2D eigenvalue weighted by molar-refractivity contribution is -0.133. The van der Waals surface area contributed by atoms with Crippen molar-refractivity contribution in [2.24, 2.45) is 29.6 Å². The monoisotopic (exact) mass is 391 g/mol. The van der Waals surface area contributed by atoms with Crippen LogP contribution in [0.2, 0.25) is 0 Å². The lowest BCUT2D eigenvalue weighted by Crippen LogP contribution is -2.59. The number of carbonyl (C=O) groups excluding carboxylic acids is 1. The van der Waals surface area contributed by atoms with Crippen LogP contribution in [0.25, 0.3) is 0 Å². The predicted octanol–water partition coefficient (Wildman–Crippen LogP) is 4.42. The predicted molar refractivity (Wildman–Crippen MR) is 114 cm³/mol. The molecule has 0 unspecified atom stereocenters. The van der Waals surface area contributed by atoms with Gasteiger partial charge >= 0.3 is 0 Å². The number of nitrogens with zero attached hydrogens (tertiary/aromatic N) is 2. The van der Waals surface area contributed by atoms with E-state index in [2.05, 4.69) is 52.1 Å². The molecule has 0 radical (unpaired) electrons. The third-order valence-corrected chi connectivity index (χ3v) is 8.53. The van der Waals surface area contributed by atoms with Crippen molar-refractivity contribution >= 4 is 5.91 Å². The zero-order chi connectivity index (χ0) is 19.8. The number of imidazole rings is 1. The van der Waals surface area contributed by atoms with Crippen molar-refractivity contribution in [1.29, 1.82) is 0 Å². The molecule has 4 heteroatoms. The normalized spacial score (nSPS) is 35.0. The second kappa shape index (κ2) is 7.62. The molecule has 4 aliphatic carbocycles.